The van der Waals surface area contributed by atoms with Gasteiger partial charge in [0.15, 0.2) is 0 Å². The largest absolute Gasteiger partial charge is 0.478 e. The van der Waals surface area contributed by atoms with Crippen LogP contribution in [0.25, 0.3) is 10.9 Å². The number of carbonyl (C=O) groups excluding carboxylic acids is 1. The second kappa shape index (κ2) is 8.91. The Morgan fingerprint density at radius 3 is 2.34 bits per heavy atom. The van der Waals surface area contributed by atoms with Crippen molar-refractivity contribution < 1.29 is 23.1 Å². The third kappa shape index (κ3) is 6.30. The SMILES string of the molecule is CC(C)(C)NC(=O)CN1CCN(c2cc(C(=O)O)c3cc(NS(C)(=O)=O)ccc3n2)CC1. The van der Waals surface area contributed by atoms with E-state index in [0.717, 1.165) is 6.26 Å². The first-order valence-electron chi connectivity index (χ1n) is 10.2. The van der Waals surface area contributed by atoms with Crippen molar-refractivity contribution >= 4 is 44.3 Å². The number of carboxylic acid groups (broad SMARTS) is 1. The zero-order valence-electron chi connectivity index (χ0n) is 18.7. The second-order valence-corrected chi connectivity index (χ2v) is 10.7. The summed E-state index contributed by atoms with van der Waals surface area (Å²) in [6.45, 7) is 8.64. The van der Waals surface area contributed by atoms with Crippen LogP contribution >= 0.6 is 0 Å². The smallest absolute Gasteiger partial charge is 0.336 e. The Labute approximate surface area is 187 Å². The fourth-order valence-corrected chi connectivity index (χ4v) is 4.18. The van der Waals surface area contributed by atoms with Crippen LogP contribution in [0.2, 0.25) is 0 Å². The van der Waals surface area contributed by atoms with E-state index in [0.29, 0.717) is 49.4 Å². The zero-order valence-corrected chi connectivity index (χ0v) is 19.5. The highest BCUT2D eigenvalue weighted by molar-refractivity contribution is 7.92. The maximum atomic E-state index is 12.2. The van der Waals surface area contributed by atoms with Gasteiger partial charge in [-0.2, -0.15) is 0 Å². The number of rotatable bonds is 6. The number of hydrogen-bond donors (Lipinski definition) is 3. The summed E-state index contributed by atoms with van der Waals surface area (Å²) in [6.07, 6.45) is 1.03. The topological polar surface area (TPSA) is 132 Å². The Kier molecular flexibility index (Phi) is 6.61. The van der Waals surface area contributed by atoms with Crippen molar-refractivity contribution in [2.75, 3.05) is 48.6 Å². The number of benzene rings is 1. The van der Waals surface area contributed by atoms with Gasteiger partial charge in [-0.05, 0) is 45.0 Å². The van der Waals surface area contributed by atoms with E-state index in [-0.39, 0.29) is 22.7 Å². The lowest BCUT2D eigenvalue weighted by Gasteiger charge is -2.35. The van der Waals surface area contributed by atoms with E-state index in [1.165, 1.54) is 12.1 Å². The van der Waals surface area contributed by atoms with Gasteiger partial charge in [-0.3, -0.25) is 14.4 Å². The van der Waals surface area contributed by atoms with Gasteiger partial charge in [0.05, 0.1) is 23.9 Å². The number of anilines is 2. The van der Waals surface area contributed by atoms with E-state index in [2.05, 4.69) is 19.9 Å². The van der Waals surface area contributed by atoms with Gasteiger partial charge in [-0.25, -0.2) is 18.2 Å². The van der Waals surface area contributed by atoms with Gasteiger partial charge in [-0.15, -0.1) is 0 Å². The van der Waals surface area contributed by atoms with Crippen molar-refractivity contribution in [2.24, 2.45) is 0 Å². The number of piperazine rings is 1. The molecule has 0 aliphatic carbocycles. The first-order valence-corrected chi connectivity index (χ1v) is 12.1. The highest BCUT2D eigenvalue weighted by Crippen LogP contribution is 2.27. The van der Waals surface area contributed by atoms with Crippen LogP contribution < -0.4 is 14.9 Å². The molecule has 3 rings (SSSR count). The van der Waals surface area contributed by atoms with E-state index in [1.54, 1.807) is 12.1 Å². The predicted octanol–water partition coefficient (Wildman–Crippen LogP) is 1.34. The van der Waals surface area contributed by atoms with Crippen molar-refractivity contribution in [2.45, 2.75) is 26.3 Å². The number of carbonyl (C=O) groups is 2. The summed E-state index contributed by atoms with van der Waals surface area (Å²) >= 11 is 0. The maximum Gasteiger partial charge on any atom is 0.336 e. The molecule has 1 aliphatic rings. The molecule has 1 aromatic heterocycles. The van der Waals surface area contributed by atoms with Crippen LogP contribution in [0.3, 0.4) is 0 Å². The Bertz CT molecular complexity index is 1140. The monoisotopic (exact) mass is 463 g/mol. The van der Waals surface area contributed by atoms with Crippen molar-refractivity contribution in [1.29, 1.82) is 0 Å². The van der Waals surface area contributed by atoms with Gasteiger partial charge in [-0.1, -0.05) is 0 Å². The van der Waals surface area contributed by atoms with E-state index in [4.69, 9.17) is 0 Å². The number of hydrogen-bond acceptors (Lipinski definition) is 7. The molecule has 0 radical (unpaired) electrons. The Balaban J connectivity index is 1.77. The molecule has 1 amide bonds. The lowest BCUT2D eigenvalue weighted by Crippen LogP contribution is -2.52. The molecule has 32 heavy (non-hydrogen) atoms. The molecular formula is C21H29N5O5S. The fourth-order valence-electron chi connectivity index (χ4n) is 3.62. The van der Waals surface area contributed by atoms with Crippen molar-refractivity contribution in [3.63, 3.8) is 0 Å². The van der Waals surface area contributed by atoms with E-state index in [1.807, 2.05) is 25.7 Å². The van der Waals surface area contributed by atoms with Crippen molar-refractivity contribution in [3.05, 3.63) is 29.8 Å². The molecule has 1 saturated heterocycles. The molecule has 11 heteroatoms. The van der Waals surface area contributed by atoms with E-state index in [9.17, 15) is 23.1 Å². The summed E-state index contributed by atoms with van der Waals surface area (Å²) in [5.41, 5.74) is 0.511. The van der Waals surface area contributed by atoms with Gasteiger partial charge in [0.25, 0.3) is 0 Å². The third-order valence-corrected chi connectivity index (χ3v) is 5.51. The molecule has 0 unspecified atom stereocenters. The molecule has 174 valence electrons. The normalized spacial score (nSPS) is 15.6. The number of nitrogens with one attached hydrogen (secondary N) is 2. The number of amides is 1. The van der Waals surface area contributed by atoms with Gasteiger partial charge in [0.2, 0.25) is 15.9 Å². The number of nitrogens with zero attached hydrogens (tertiary/aromatic N) is 3. The molecule has 0 saturated carbocycles. The van der Waals surface area contributed by atoms with Crippen LogP contribution in [0.4, 0.5) is 11.5 Å². The third-order valence-electron chi connectivity index (χ3n) is 4.91. The highest BCUT2D eigenvalue weighted by atomic mass is 32.2. The number of sulfonamides is 1. The summed E-state index contributed by atoms with van der Waals surface area (Å²) in [5.74, 6) is -0.605. The second-order valence-electron chi connectivity index (χ2n) is 9.00. The zero-order chi connectivity index (χ0) is 23.7. The Morgan fingerprint density at radius 1 is 1.12 bits per heavy atom. The van der Waals surface area contributed by atoms with Gasteiger partial charge in [0.1, 0.15) is 5.82 Å². The number of carboxylic acids is 1. The minimum Gasteiger partial charge on any atom is -0.478 e. The quantitative estimate of drug-likeness (QED) is 0.585. The standard InChI is InChI=1S/C21H29N5O5S/c1-21(2,3)23-19(27)13-25-7-9-26(10-8-25)18-12-16(20(28)29)15-11-14(24-32(4,30)31)5-6-17(15)22-18/h5-6,11-12,24H,7-10,13H2,1-4H3,(H,23,27)(H,28,29). The molecule has 1 aromatic carbocycles. The summed E-state index contributed by atoms with van der Waals surface area (Å²) < 4.78 is 25.4. The Hall–Kier alpha value is -2.92. The van der Waals surface area contributed by atoms with Crippen LogP contribution in [0.1, 0.15) is 31.1 Å². The lowest BCUT2D eigenvalue weighted by molar-refractivity contribution is -0.123. The first-order chi connectivity index (χ1) is 14.8. The molecule has 0 bridgehead atoms. The molecule has 0 atom stereocenters. The molecule has 0 spiro atoms. The van der Waals surface area contributed by atoms with Crippen molar-refractivity contribution in [1.82, 2.24) is 15.2 Å². The average molecular weight is 464 g/mol. The van der Waals surface area contributed by atoms with Crippen LogP contribution in [-0.2, 0) is 14.8 Å². The molecule has 3 N–H and O–H groups in total. The summed E-state index contributed by atoms with van der Waals surface area (Å²) in [5, 5.41) is 13.0. The molecule has 1 aliphatic heterocycles. The minimum atomic E-state index is -3.49. The molecule has 10 nitrogen and oxygen atoms in total. The number of aromatic carboxylic acids is 1. The summed E-state index contributed by atoms with van der Waals surface area (Å²) in [7, 11) is -3.49. The molecule has 2 aromatic rings. The summed E-state index contributed by atoms with van der Waals surface area (Å²) in [6, 6.07) is 6.14. The average Bonchev–Trinajstić information content (AvgIpc) is 2.65. The van der Waals surface area contributed by atoms with Gasteiger partial charge < -0.3 is 15.3 Å². The predicted molar refractivity (Wildman–Crippen MR) is 124 cm³/mol. The van der Waals surface area contributed by atoms with Crippen LogP contribution in [0.15, 0.2) is 24.3 Å². The van der Waals surface area contributed by atoms with Crippen LogP contribution in [0.5, 0.6) is 0 Å². The highest BCUT2D eigenvalue weighted by Gasteiger charge is 2.23. The molecule has 2 heterocycles. The number of pyridine rings is 1. The first kappa shape index (κ1) is 23.7. The van der Waals surface area contributed by atoms with Crippen LogP contribution in [0, 0.1) is 0 Å². The van der Waals surface area contributed by atoms with Crippen LogP contribution in [-0.4, -0.2) is 79.8 Å². The number of fused-ring (bicyclic) bond motifs is 1. The van der Waals surface area contributed by atoms with Gasteiger partial charge >= 0.3 is 5.97 Å². The lowest BCUT2D eigenvalue weighted by atomic mass is 10.1. The van der Waals surface area contributed by atoms with E-state index < -0.39 is 16.0 Å². The number of aromatic nitrogens is 1. The van der Waals surface area contributed by atoms with Gasteiger partial charge in [0, 0.05) is 42.8 Å². The molecule has 1 fully saturated rings. The minimum absolute atomic E-state index is 0.0264. The maximum absolute atomic E-state index is 12.2. The summed E-state index contributed by atoms with van der Waals surface area (Å²) in [4.78, 5) is 32.7. The van der Waals surface area contributed by atoms with Crippen molar-refractivity contribution in [3.8, 4) is 0 Å². The Morgan fingerprint density at radius 2 is 1.78 bits per heavy atom. The molecular weight excluding hydrogens is 434 g/mol. The fraction of sp³-hybridized carbons (Fsp3) is 0.476. The van der Waals surface area contributed by atoms with E-state index >= 15 is 0 Å².